The average molecular weight is 528 g/mol. The molecule has 1 atom stereocenters. The van der Waals surface area contributed by atoms with Gasteiger partial charge in [0.2, 0.25) is 0 Å². The molecule has 1 fully saturated rings. The molecule has 198 valence electrons. The summed E-state index contributed by atoms with van der Waals surface area (Å²) < 4.78 is 22.2. The third-order valence-corrected chi connectivity index (χ3v) is 7.82. The first-order valence-electron chi connectivity index (χ1n) is 12.5. The molecule has 1 aliphatic heterocycles. The Hall–Kier alpha value is -3.24. The zero-order valence-electron chi connectivity index (χ0n) is 21.2. The van der Waals surface area contributed by atoms with Crippen LogP contribution in [0.5, 0.6) is 0 Å². The fourth-order valence-electron chi connectivity index (χ4n) is 4.82. The minimum atomic E-state index is -1.13. The van der Waals surface area contributed by atoms with Crippen LogP contribution in [0.3, 0.4) is 0 Å². The van der Waals surface area contributed by atoms with Gasteiger partial charge in [0.1, 0.15) is 12.4 Å². The highest BCUT2D eigenvalue weighted by Crippen LogP contribution is 2.30. The number of ether oxygens (including phenoxy) is 2. The number of rotatable bonds is 6. The minimum Gasteiger partial charge on any atom is -0.612 e. The van der Waals surface area contributed by atoms with E-state index in [1.807, 2.05) is 18.2 Å². The van der Waals surface area contributed by atoms with Crippen molar-refractivity contribution in [1.82, 2.24) is 4.90 Å². The normalized spacial score (nSPS) is 19.8. The lowest BCUT2D eigenvalue weighted by molar-refractivity contribution is -0.142. The summed E-state index contributed by atoms with van der Waals surface area (Å²) in [4.78, 5) is 39.1. The number of anilines is 2. The summed E-state index contributed by atoms with van der Waals surface area (Å²) in [6, 6.07) is 12.2. The highest BCUT2D eigenvalue weighted by molar-refractivity contribution is 7.90. The van der Waals surface area contributed by atoms with E-state index < -0.39 is 11.2 Å². The Morgan fingerprint density at radius 2 is 1.76 bits per heavy atom. The van der Waals surface area contributed by atoms with Crippen LogP contribution >= 0.6 is 0 Å². The SMILES string of the molecule is COC(=O)CC1CCC(OC(=O)N2CCc3cc(NC(=O)Nc4cccc([S+](C)[O-])c4)ccc3C2)CC1. The molecule has 0 saturated heterocycles. The van der Waals surface area contributed by atoms with Crippen LogP contribution in [0, 0.1) is 5.92 Å². The molecule has 0 bridgehead atoms. The number of nitrogens with one attached hydrogen (secondary N) is 2. The molecule has 2 aromatic carbocycles. The lowest BCUT2D eigenvalue weighted by Gasteiger charge is -2.32. The summed E-state index contributed by atoms with van der Waals surface area (Å²) in [5.74, 6) is 0.105. The number of benzene rings is 2. The van der Waals surface area contributed by atoms with Gasteiger partial charge in [0, 0.05) is 37.0 Å². The second kappa shape index (κ2) is 12.3. The third kappa shape index (κ3) is 7.39. The summed E-state index contributed by atoms with van der Waals surface area (Å²) in [6.07, 6.45) is 5.47. The van der Waals surface area contributed by atoms with Crippen LogP contribution in [0.1, 0.15) is 43.2 Å². The van der Waals surface area contributed by atoms with E-state index in [1.54, 1.807) is 35.4 Å². The molecule has 10 heteroatoms. The molecule has 2 N–H and O–H groups in total. The number of carbonyl (C=O) groups is 3. The van der Waals surface area contributed by atoms with Crippen LogP contribution < -0.4 is 10.6 Å². The number of hydrogen-bond donors (Lipinski definition) is 2. The van der Waals surface area contributed by atoms with Gasteiger partial charge in [0.05, 0.1) is 7.11 Å². The third-order valence-electron chi connectivity index (χ3n) is 6.90. The first-order chi connectivity index (χ1) is 17.8. The van der Waals surface area contributed by atoms with Gasteiger partial charge in [-0.3, -0.25) is 4.79 Å². The largest absolute Gasteiger partial charge is 0.612 e. The van der Waals surface area contributed by atoms with Crippen molar-refractivity contribution in [2.75, 3.05) is 30.5 Å². The monoisotopic (exact) mass is 527 g/mol. The highest BCUT2D eigenvalue weighted by Gasteiger charge is 2.29. The summed E-state index contributed by atoms with van der Waals surface area (Å²) in [7, 11) is 1.40. The Morgan fingerprint density at radius 1 is 1.03 bits per heavy atom. The molecule has 1 aliphatic carbocycles. The van der Waals surface area contributed by atoms with Gasteiger partial charge in [-0.2, -0.15) is 0 Å². The van der Waals surface area contributed by atoms with Crippen LogP contribution in [-0.2, 0) is 38.4 Å². The Kier molecular flexibility index (Phi) is 8.94. The van der Waals surface area contributed by atoms with Gasteiger partial charge < -0.3 is 29.6 Å². The molecule has 2 aliphatic rings. The molecule has 0 aromatic heterocycles. The van der Waals surface area contributed by atoms with E-state index in [2.05, 4.69) is 10.6 Å². The molecule has 1 heterocycles. The Balaban J connectivity index is 1.26. The number of methoxy groups -OCH3 is 1. The van der Waals surface area contributed by atoms with Crippen molar-refractivity contribution < 1.29 is 28.4 Å². The van der Waals surface area contributed by atoms with Crippen molar-refractivity contribution in [2.24, 2.45) is 5.92 Å². The maximum absolute atomic E-state index is 12.8. The topological polar surface area (TPSA) is 120 Å². The first-order valence-corrected chi connectivity index (χ1v) is 14.0. The maximum Gasteiger partial charge on any atom is 0.410 e. The van der Waals surface area contributed by atoms with Gasteiger partial charge in [-0.15, -0.1) is 0 Å². The number of nitrogens with zero attached hydrogens (tertiary/aromatic N) is 1. The van der Waals surface area contributed by atoms with Crippen molar-refractivity contribution >= 4 is 40.6 Å². The standard InChI is InChI=1S/C27H33N3O6S/c1-35-25(31)14-18-6-10-23(11-7-18)36-27(33)30-13-12-19-15-22(9-8-20(19)17-30)29-26(32)28-21-4-3-5-24(16-21)37(2)34/h3-5,8-9,15-16,18,23H,6-7,10-14,17H2,1-2H3,(H2,28,29,32). The number of hydrogen-bond acceptors (Lipinski definition) is 6. The highest BCUT2D eigenvalue weighted by atomic mass is 32.2. The summed E-state index contributed by atoms with van der Waals surface area (Å²) in [5.41, 5.74) is 3.32. The van der Waals surface area contributed by atoms with E-state index in [9.17, 15) is 18.9 Å². The minimum absolute atomic E-state index is 0.120. The fraction of sp³-hybridized carbons (Fsp3) is 0.444. The van der Waals surface area contributed by atoms with E-state index in [4.69, 9.17) is 9.47 Å². The van der Waals surface area contributed by atoms with Crippen LogP contribution in [0.4, 0.5) is 21.0 Å². The number of urea groups is 1. The molecule has 37 heavy (non-hydrogen) atoms. The first kappa shape index (κ1) is 26.8. The molecule has 0 radical (unpaired) electrons. The lowest BCUT2D eigenvalue weighted by atomic mass is 9.85. The van der Waals surface area contributed by atoms with Gasteiger partial charge in [-0.25, -0.2) is 9.59 Å². The number of amides is 3. The molecule has 9 nitrogen and oxygen atoms in total. The Bertz CT molecular complexity index is 1130. The van der Waals surface area contributed by atoms with Gasteiger partial charge in [0.15, 0.2) is 4.90 Å². The smallest absolute Gasteiger partial charge is 0.410 e. The lowest BCUT2D eigenvalue weighted by Crippen LogP contribution is -2.39. The quantitative estimate of drug-likeness (QED) is 0.416. The zero-order valence-corrected chi connectivity index (χ0v) is 22.0. The van der Waals surface area contributed by atoms with Crippen LogP contribution in [0.2, 0.25) is 0 Å². The molecule has 4 rings (SSSR count). The van der Waals surface area contributed by atoms with Crippen molar-refractivity contribution in [1.29, 1.82) is 0 Å². The van der Waals surface area contributed by atoms with Gasteiger partial charge in [0.25, 0.3) is 0 Å². The fourth-order valence-corrected chi connectivity index (χ4v) is 5.39. The molecule has 1 saturated carbocycles. The van der Waals surface area contributed by atoms with Gasteiger partial charge in [-0.05, 0) is 84.6 Å². The maximum atomic E-state index is 12.8. The predicted molar refractivity (Wildman–Crippen MR) is 141 cm³/mol. The summed E-state index contributed by atoms with van der Waals surface area (Å²) in [5, 5.41) is 5.60. The number of esters is 1. The number of carbonyl (C=O) groups excluding carboxylic acids is 3. The molecule has 3 amide bonds. The molecule has 0 spiro atoms. The average Bonchev–Trinajstić information content (AvgIpc) is 2.89. The van der Waals surface area contributed by atoms with Gasteiger partial charge in [-0.1, -0.05) is 12.1 Å². The predicted octanol–water partition coefficient (Wildman–Crippen LogP) is 4.68. The van der Waals surface area contributed by atoms with Crippen molar-refractivity contribution in [3.8, 4) is 0 Å². The van der Waals surface area contributed by atoms with Crippen molar-refractivity contribution in [2.45, 2.75) is 56.1 Å². The number of fused-ring (bicyclic) bond motifs is 1. The molecule has 1 unspecified atom stereocenters. The summed E-state index contributed by atoms with van der Waals surface area (Å²) in [6.45, 7) is 0.999. The van der Waals surface area contributed by atoms with E-state index in [1.165, 1.54) is 7.11 Å². The van der Waals surface area contributed by atoms with Crippen LogP contribution in [0.15, 0.2) is 47.4 Å². The molecular formula is C27H33N3O6S. The van der Waals surface area contributed by atoms with Crippen molar-refractivity contribution in [3.63, 3.8) is 0 Å². The summed E-state index contributed by atoms with van der Waals surface area (Å²) >= 11 is -1.13. The van der Waals surface area contributed by atoms with E-state index in [-0.39, 0.29) is 24.2 Å². The van der Waals surface area contributed by atoms with Gasteiger partial charge >= 0.3 is 18.1 Å². The van der Waals surface area contributed by atoms with Crippen LogP contribution in [-0.4, -0.2) is 53.6 Å². The Labute approximate surface area is 220 Å². The van der Waals surface area contributed by atoms with E-state index in [0.717, 1.165) is 36.8 Å². The molecule has 2 aromatic rings. The van der Waals surface area contributed by atoms with Crippen molar-refractivity contribution in [3.05, 3.63) is 53.6 Å². The van der Waals surface area contributed by atoms with Crippen LogP contribution in [0.25, 0.3) is 0 Å². The van der Waals surface area contributed by atoms with E-state index >= 15 is 0 Å². The second-order valence-corrected chi connectivity index (χ2v) is 10.9. The molecular weight excluding hydrogens is 494 g/mol. The zero-order chi connectivity index (χ0) is 26.4. The Morgan fingerprint density at radius 3 is 2.46 bits per heavy atom. The van der Waals surface area contributed by atoms with E-state index in [0.29, 0.717) is 48.1 Å². The second-order valence-electron chi connectivity index (χ2n) is 9.52.